The molecular formula is C13H25N3OS. The summed E-state index contributed by atoms with van der Waals surface area (Å²) in [5.74, 6) is 0.857. The Labute approximate surface area is 114 Å². The predicted molar refractivity (Wildman–Crippen MR) is 78.2 cm³/mol. The van der Waals surface area contributed by atoms with Gasteiger partial charge in [-0.15, -0.1) is 0 Å². The molecule has 104 valence electrons. The van der Waals surface area contributed by atoms with Crippen molar-refractivity contribution in [3.05, 3.63) is 0 Å². The van der Waals surface area contributed by atoms with E-state index in [0.717, 1.165) is 18.8 Å². The number of carbonyl (C=O) groups excluding carboxylic acids is 1. The molecule has 5 heteroatoms. The molecule has 1 aliphatic rings. The highest BCUT2D eigenvalue weighted by Gasteiger charge is 2.22. The molecule has 0 radical (unpaired) electrons. The van der Waals surface area contributed by atoms with E-state index in [4.69, 9.17) is 5.41 Å². The van der Waals surface area contributed by atoms with Crippen molar-refractivity contribution in [2.75, 3.05) is 6.26 Å². The highest BCUT2D eigenvalue weighted by atomic mass is 32.2. The van der Waals surface area contributed by atoms with Crippen LogP contribution in [0.1, 0.15) is 51.9 Å². The van der Waals surface area contributed by atoms with E-state index in [-0.39, 0.29) is 17.2 Å². The average Bonchev–Trinajstić information content (AvgIpc) is 2.37. The number of carbonyl (C=O) groups is 1. The van der Waals surface area contributed by atoms with Crippen LogP contribution in [0.5, 0.6) is 0 Å². The maximum atomic E-state index is 11.6. The summed E-state index contributed by atoms with van der Waals surface area (Å²) in [4.78, 5) is 11.6. The Morgan fingerprint density at radius 1 is 1.33 bits per heavy atom. The third-order valence-electron chi connectivity index (χ3n) is 3.58. The number of thioether (sulfide) groups is 1. The fraction of sp³-hybridized carbons (Fsp3) is 0.846. The van der Waals surface area contributed by atoms with Gasteiger partial charge in [0.2, 0.25) is 0 Å². The third-order valence-corrected chi connectivity index (χ3v) is 4.09. The van der Waals surface area contributed by atoms with Crippen molar-refractivity contribution in [2.24, 2.45) is 5.92 Å². The molecule has 0 aromatic heterocycles. The number of amides is 2. The van der Waals surface area contributed by atoms with Gasteiger partial charge in [0.1, 0.15) is 0 Å². The van der Waals surface area contributed by atoms with Gasteiger partial charge < -0.3 is 5.32 Å². The molecule has 3 N–H and O–H groups in total. The molecule has 0 spiro atoms. The van der Waals surface area contributed by atoms with Gasteiger partial charge in [0.05, 0.1) is 0 Å². The Bertz CT molecular complexity index is 275. The molecule has 0 heterocycles. The monoisotopic (exact) mass is 271 g/mol. The second-order valence-electron chi connectivity index (χ2n) is 4.99. The standard InChI is InChI=1S/C13H25N3OS/c1-3-4-5-10-6-8-11(9-7-10)15-13(17)16-12(14)18-2/h10-11H,3-9H2,1-2H3,(H3,14,15,16,17). The van der Waals surface area contributed by atoms with Crippen LogP contribution in [0.4, 0.5) is 4.79 Å². The Morgan fingerprint density at radius 3 is 2.56 bits per heavy atom. The molecule has 1 aliphatic carbocycles. The molecule has 0 aromatic carbocycles. The van der Waals surface area contributed by atoms with Crippen molar-refractivity contribution in [2.45, 2.75) is 57.9 Å². The summed E-state index contributed by atoms with van der Waals surface area (Å²) in [5, 5.41) is 13.1. The molecule has 1 rings (SSSR count). The van der Waals surface area contributed by atoms with Gasteiger partial charge in [0.15, 0.2) is 5.17 Å². The SMILES string of the molecule is CCCCC1CCC(NC(=O)NC(=N)SC)CC1. The van der Waals surface area contributed by atoms with Gasteiger partial charge in [-0.05, 0) is 37.9 Å². The van der Waals surface area contributed by atoms with E-state index < -0.39 is 0 Å². The Hall–Kier alpha value is -0.710. The van der Waals surface area contributed by atoms with E-state index in [1.54, 1.807) is 6.26 Å². The van der Waals surface area contributed by atoms with Crippen LogP contribution in [0, 0.1) is 11.3 Å². The Kier molecular flexibility index (Phi) is 7.16. The molecule has 4 nitrogen and oxygen atoms in total. The van der Waals surface area contributed by atoms with Gasteiger partial charge in [-0.1, -0.05) is 37.9 Å². The molecule has 0 atom stereocenters. The number of nitrogens with one attached hydrogen (secondary N) is 3. The zero-order chi connectivity index (χ0) is 13.4. The first-order valence-corrected chi connectivity index (χ1v) is 8.08. The first-order valence-electron chi connectivity index (χ1n) is 6.85. The van der Waals surface area contributed by atoms with Crippen molar-refractivity contribution in [3.8, 4) is 0 Å². The predicted octanol–water partition coefficient (Wildman–Crippen LogP) is 3.33. The van der Waals surface area contributed by atoms with Crippen LogP contribution in [0.15, 0.2) is 0 Å². The third kappa shape index (κ3) is 5.76. The average molecular weight is 271 g/mol. The van der Waals surface area contributed by atoms with Gasteiger partial charge in [-0.2, -0.15) is 0 Å². The van der Waals surface area contributed by atoms with Crippen molar-refractivity contribution in [1.82, 2.24) is 10.6 Å². The van der Waals surface area contributed by atoms with Gasteiger partial charge in [-0.25, -0.2) is 4.79 Å². The number of rotatable bonds is 4. The summed E-state index contributed by atoms with van der Waals surface area (Å²) in [6, 6.07) is 0.0592. The van der Waals surface area contributed by atoms with E-state index in [1.165, 1.54) is 43.9 Å². The fourth-order valence-electron chi connectivity index (χ4n) is 2.46. The smallest absolute Gasteiger partial charge is 0.321 e. The highest BCUT2D eigenvalue weighted by Crippen LogP contribution is 2.28. The summed E-state index contributed by atoms with van der Waals surface area (Å²) in [6.45, 7) is 2.23. The highest BCUT2D eigenvalue weighted by molar-refractivity contribution is 8.13. The van der Waals surface area contributed by atoms with Crippen LogP contribution >= 0.6 is 11.8 Å². The van der Waals surface area contributed by atoms with Crippen LogP contribution in [0.3, 0.4) is 0 Å². The van der Waals surface area contributed by atoms with E-state index >= 15 is 0 Å². The number of hydrogen-bond donors (Lipinski definition) is 3. The lowest BCUT2D eigenvalue weighted by Crippen LogP contribution is -2.44. The van der Waals surface area contributed by atoms with E-state index in [1.807, 2.05) is 0 Å². The molecule has 0 saturated heterocycles. The number of unbranched alkanes of at least 4 members (excludes halogenated alkanes) is 1. The van der Waals surface area contributed by atoms with E-state index in [2.05, 4.69) is 17.6 Å². The minimum atomic E-state index is -0.230. The molecule has 0 unspecified atom stereocenters. The lowest BCUT2D eigenvalue weighted by Gasteiger charge is -2.29. The Balaban J connectivity index is 2.18. The second kappa shape index (κ2) is 8.40. The number of amidine groups is 1. The van der Waals surface area contributed by atoms with Crippen molar-refractivity contribution < 1.29 is 4.79 Å². The largest absolute Gasteiger partial charge is 0.335 e. The topological polar surface area (TPSA) is 65.0 Å². The van der Waals surface area contributed by atoms with Crippen LogP contribution in [0.25, 0.3) is 0 Å². The summed E-state index contributed by atoms with van der Waals surface area (Å²) < 4.78 is 0. The fourth-order valence-corrected chi connectivity index (χ4v) is 2.66. The maximum absolute atomic E-state index is 11.6. The lowest BCUT2D eigenvalue weighted by atomic mass is 9.83. The number of hydrogen-bond acceptors (Lipinski definition) is 3. The van der Waals surface area contributed by atoms with Crippen molar-refractivity contribution >= 4 is 23.0 Å². The van der Waals surface area contributed by atoms with Crippen LogP contribution in [-0.2, 0) is 0 Å². The zero-order valence-corrected chi connectivity index (χ0v) is 12.2. The number of urea groups is 1. The quantitative estimate of drug-likeness (QED) is 0.542. The molecule has 0 aliphatic heterocycles. The first kappa shape index (κ1) is 15.3. The summed E-state index contributed by atoms with van der Waals surface area (Å²) in [5.41, 5.74) is 0. The summed E-state index contributed by atoms with van der Waals surface area (Å²) in [6.07, 6.45) is 10.3. The van der Waals surface area contributed by atoms with Crippen LogP contribution < -0.4 is 10.6 Å². The van der Waals surface area contributed by atoms with E-state index in [0.29, 0.717) is 0 Å². The summed E-state index contributed by atoms with van der Waals surface area (Å²) >= 11 is 1.24. The Morgan fingerprint density at radius 2 is 2.00 bits per heavy atom. The maximum Gasteiger partial charge on any atom is 0.321 e. The normalized spacial score (nSPS) is 23.4. The minimum Gasteiger partial charge on any atom is -0.335 e. The zero-order valence-electron chi connectivity index (χ0n) is 11.4. The van der Waals surface area contributed by atoms with Crippen molar-refractivity contribution in [3.63, 3.8) is 0 Å². The molecular weight excluding hydrogens is 246 g/mol. The van der Waals surface area contributed by atoms with E-state index in [9.17, 15) is 4.79 Å². The molecule has 2 amide bonds. The molecule has 18 heavy (non-hydrogen) atoms. The van der Waals surface area contributed by atoms with Gasteiger partial charge in [0, 0.05) is 6.04 Å². The minimum absolute atomic E-state index is 0.198. The van der Waals surface area contributed by atoms with Crippen LogP contribution in [-0.4, -0.2) is 23.5 Å². The van der Waals surface area contributed by atoms with Gasteiger partial charge >= 0.3 is 6.03 Å². The molecule has 0 bridgehead atoms. The first-order chi connectivity index (χ1) is 8.65. The molecule has 1 fully saturated rings. The van der Waals surface area contributed by atoms with Crippen LogP contribution in [0.2, 0.25) is 0 Å². The molecule has 1 saturated carbocycles. The summed E-state index contributed by atoms with van der Waals surface area (Å²) in [7, 11) is 0. The van der Waals surface area contributed by atoms with Gasteiger partial charge in [0.25, 0.3) is 0 Å². The lowest BCUT2D eigenvalue weighted by molar-refractivity contribution is 0.229. The van der Waals surface area contributed by atoms with Crippen molar-refractivity contribution in [1.29, 1.82) is 5.41 Å². The molecule has 0 aromatic rings. The van der Waals surface area contributed by atoms with Gasteiger partial charge in [-0.3, -0.25) is 10.7 Å². The second-order valence-corrected chi connectivity index (χ2v) is 5.81.